The van der Waals surface area contributed by atoms with Crippen LogP contribution in [0.4, 0.5) is 0 Å². The maximum atomic E-state index is 10.1. The average molecular weight is 435 g/mol. The smallest absolute Gasteiger partial charge is 0.0991 e. The van der Waals surface area contributed by atoms with Gasteiger partial charge in [-0.3, -0.25) is 4.90 Å². The minimum absolute atomic E-state index is 0.0818. The summed E-state index contributed by atoms with van der Waals surface area (Å²) in [5.74, 6) is 0. The van der Waals surface area contributed by atoms with E-state index in [-0.39, 0.29) is 12.6 Å². The maximum Gasteiger partial charge on any atom is 0.0991 e. The molecule has 1 aliphatic rings. The lowest BCUT2D eigenvalue weighted by Crippen LogP contribution is -2.42. The van der Waals surface area contributed by atoms with Crippen LogP contribution in [0, 0.1) is 11.3 Å². The van der Waals surface area contributed by atoms with Gasteiger partial charge >= 0.3 is 0 Å². The number of aromatic nitrogens is 2. The largest absolute Gasteiger partial charge is 0.395 e. The Labute approximate surface area is 194 Å². The monoisotopic (exact) mass is 434 g/mol. The Morgan fingerprint density at radius 1 is 0.939 bits per heavy atom. The third kappa shape index (κ3) is 4.58. The quantitative estimate of drug-likeness (QED) is 0.489. The number of nitriles is 1. The van der Waals surface area contributed by atoms with Gasteiger partial charge in [0, 0.05) is 31.9 Å². The topological polar surface area (TPSA) is 65.1 Å². The van der Waals surface area contributed by atoms with E-state index in [1.165, 1.54) is 22.3 Å². The highest BCUT2D eigenvalue weighted by molar-refractivity contribution is 5.65. The number of aliphatic hydroxyl groups is 1. The Hall–Kier alpha value is -3.72. The molecule has 1 atom stereocenters. The van der Waals surface area contributed by atoms with E-state index in [2.05, 4.69) is 63.0 Å². The van der Waals surface area contributed by atoms with Crippen LogP contribution in [0.25, 0.3) is 11.1 Å². The first-order chi connectivity index (χ1) is 16.2. The zero-order chi connectivity index (χ0) is 22.6. The Morgan fingerprint density at radius 3 is 2.52 bits per heavy atom. The van der Waals surface area contributed by atoms with E-state index in [9.17, 15) is 5.11 Å². The molecule has 5 rings (SSSR count). The molecule has 164 valence electrons. The number of imidazole rings is 1. The van der Waals surface area contributed by atoms with E-state index in [4.69, 9.17) is 5.26 Å². The van der Waals surface area contributed by atoms with Crippen LogP contribution < -0.4 is 0 Å². The highest BCUT2D eigenvalue weighted by atomic mass is 16.3. The normalized spacial score (nSPS) is 15.7. The summed E-state index contributed by atoms with van der Waals surface area (Å²) in [5, 5.41) is 19.1. The summed E-state index contributed by atoms with van der Waals surface area (Å²) in [6, 6.07) is 27.1. The number of benzene rings is 3. The molecular formula is C28H26N4O. The molecule has 3 aromatic carbocycles. The van der Waals surface area contributed by atoms with Crippen molar-refractivity contribution in [3.05, 3.63) is 113 Å². The highest BCUT2D eigenvalue weighted by Crippen LogP contribution is 2.29. The van der Waals surface area contributed by atoms with Crippen molar-refractivity contribution in [2.24, 2.45) is 0 Å². The molecule has 5 nitrogen and oxygen atoms in total. The van der Waals surface area contributed by atoms with Crippen molar-refractivity contribution in [3.63, 3.8) is 0 Å². The van der Waals surface area contributed by atoms with Crippen molar-refractivity contribution in [1.29, 1.82) is 5.26 Å². The molecule has 0 saturated heterocycles. The van der Waals surface area contributed by atoms with E-state index in [1.54, 1.807) is 0 Å². The van der Waals surface area contributed by atoms with Crippen molar-refractivity contribution in [2.75, 3.05) is 6.61 Å². The van der Waals surface area contributed by atoms with Crippen molar-refractivity contribution in [1.82, 2.24) is 14.5 Å². The molecule has 1 aliphatic heterocycles. The van der Waals surface area contributed by atoms with E-state index in [0.29, 0.717) is 12.1 Å². The standard InChI is InChI=1S/C28H26N4O/c29-14-21-6-8-22(9-7-21)16-32-20-30-15-28(32)18-31-17-26-12-24(23-4-2-1-3-5-23)10-11-25(26)13-27(31)19-33/h1-12,15,20,27,33H,13,16-19H2/t27-/m0/s1. The predicted octanol–water partition coefficient (Wildman–Crippen LogP) is 4.39. The fourth-order valence-corrected chi connectivity index (χ4v) is 4.59. The fourth-order valence-electron chi connectivity index (χ4n) is 4.59. The molecule has 0 fully saturated rings. The summed E-state index contributed by atoms with van der Waals surface area (Å²) in [5.41, 5.74) is 7.98. The van der Waals surface area contributed by atoms with Crippen molar-refractivity contribution >= 4 is 0 Å². The molecular weight excluding hydrogens is 408 g/mol. The van der Waals surface area contributed by atoms with Gasteiger partial charge in [0.25, 0.3) is 0 Å². The molecule has 1 N–H and O–H groups in total. The van der Waals surface area contributed by atoms with Gasteiger partial charge in [-0.25, -0.2) is 4.98 Å². The van der Waals surface area contributed by atoms with Gasteiger partial charge in [-0.05, 0) is 52.4 Å². The number of nitrogens with zero attached hydrogens (tertiary/aromatic N) is 4. The molecule has 0 amide bonds. The molecule has 0 saturated carbocycles. The molecule has 0 bridgehead atoms. The SMILES string of the molecule is N#Cc1ccc(Cn2cncc2CN2Cc3cc(-c4ccccc4)ccc3C[C@H]2CO)cc1. The zero-order valence-electron chi connectivity index (χ0n) is 18.4. The summed E-state index contributed by atoms with van der Waals surface area (Å²) in [6.45, 7) is 2.34. The van der Waals surface area contributed by atoms with E-state index in [1.807, 2.05) is 42.9 Å². The van der Waals surface area contributed by atoms with Gasteiger partial charge in [-0.1, -0.05) is 54.6 Å². The second-order valence-electron chi connectivity index (χ2n) is 8.62. The van der Waals surface area contributed by atoms with Crippen LogP contribution in [0.3, 0.4) is 0 Å². The van der Waals surface area contributed by atoms with Gasteiger partial charge in [0.1, 0.15) is 0 Å². The van der Waals surface area contributed by atoms with Gasteiger partial charge in [0.05, 0.1) is 30.3 Å². The minimum atomic E-state index is 0.0818. The van der Waals surface area contributed by atoms with E-state index < -0.39 is 0 Å². The van der Waals surface area contributed by atoms with Gasteiger partial charge in [-0.2, -0.15) is 5.26 Å². The lowest BCUT2D eigenvalue weighted by Gasteiger charge is -2.36. The zero-order valence-corrected chi connectivity index (χ0v) is 18.4. The Kier molecular flexibility index (Phi) is 6.03. The average Bonchev–Trinajstić information content (AvgIpc) is 3.30. The molecule has 4 aromatic rings. The van der Waals surface area contributed by atoms with Crippen LogP contribution in [0.2, 0.25) is 0 Å². The van der Waals surface area contributed by atoms with Gasteiger partial charge in [-0.15, -0.1) is 0 Å². The first-order valence-electron chi connectivity index (χ1n) is 11.2. The molecule has 0 aliphatic carbocycles. The summed E-state index contributed by atoms with van der Waals surface area (Å²) in [7, 11) is 0. The molecule has 2 heterocycles. The molecule has 33 heavy (non-hydrogen) atoms. The van der Waals surface area contributed by atoms with Crippen LogP contribution in [-0.4, -0.2) is 32.2 Å². The summed E-state index contributed by atoms with van der Waals surface area (Å²) >= 11 is 0. The number of aliphatic hydroxyl groups excluding tert-OH is 1. The maximum absolute atomic E-state index is 10.1. The Morgan fingerprint density at radius 2 is 1.76 bits per heavy atom. The minimum Gasteiger partial charge on any atom is -0.395 e. The van der Waals surface area contributed by atoms with E-state index in [0.717, 1.165) is 30.8 Å². The second kappa shape index (κ2) is 9.41. The first-order valence-corrected chi connectivity index (χ1v) is 11.2. The molecule has 1 aromatic heterocycles. The van der Waals surface area contributed by atoms with Gasteiger partial charge < -0.3 is 9.67 Å². The predicted molar refractivity (Wildman–Crippen MR) is 128 cm³/mol. The van der Waals surface area contributed by atoms with Crippen LogP contribution in [-0.2, 0) is 26.1 Å². The third-order valence-corrected chi connectivity index (χ3v) is 6.47. The second-order valence-corrected chi connectivity index (χ2v) is 8.62. The van der Waals surface area contributed by atoms with Gasteiger partial charge in [0.15, 0.2) is 0 Å². The van der Waals surface area contributed by atoms with Crippen molar-refractivity contribution in [2.45, 2.75) is 32.1 Å². The fraction of sp³-hybridized carbons (Fsp3) is 0.214. The summed E-state index contributed by atoms with van der Waals surface area (Å²) < 4.78 is 2.14. The Balaban J connectivity index is 1.36. The van der Waals surface area contributed by atoms with Crippen LogP contribution in [0.5, 0.6) is 0 Å². The Bertz CT molecular complexity index is 1270. The molecule has 0 radical (unpaired) electrons. The summed E-state index contributed by atoms with van der Waals surface area (Å²) in [4.78, 5) is 6.74. The summed E-state index contributed by atoms with van der Waals surface area (Å²) in [6.07, 6.45) is 4.60. The van der Waals surface area contributed by atoms with Gasteiger partial charge in [0.2, 0.25) is 0 Å². The molecule has 0 unspecified atom stereocenters. The molecule has 5 heteroatoms. The number of rotatable bonds is 6. The number of fused-ring (bicyclic) bond motifs is 1. The number of hydrogen-bond donors (Lipinski definition) is 1. The number of hydrogen-bond acceptors (Lipinski definition) is 4. The molecule has 0 spiro atoms. The lowest BCUT2D eigenvalue weighted by atomic mass is 9.91. The van der Waals surface area contributed by atoms with E-state index >= 15 is 0 Å². The van der Waals surface area contributed by atoms with Crippen LogP contribution in [0.15, 0.2) is 85.3 Å². The van der Waals surface area contributed by atoms with Crippen molar-refractivity contribution < 1.29 is 5.11 Å². The van der Waals surface area contributed by atoms with Crippen molar-refractivity contribution in [3.8, 4) is 17.2 Å². The lowest BCUT2D eigenvalue weighted by molar-refractivity contribution is 0.0975. The third-order valence-electron chi connectivity index (χ3n) is 6.47. The van der Waals surface area contributed by atoms with Crippen LogP contribution >= 0.6 is 0 Å². The first kappa shape index (κ1) is 21.1. The highest BCUT2D eigenvalue weighted by Gasteiger charge is 2.26. The van der Waals surface area contributed by atoms with Crippen LogP contribution in [0.1, 0.15) is 27.9 Å².